The number of benzene rings is 1. The molecule has 1 atom stereocenters. The number of carboxylic acids is 1. The number of fused-ring (bicyclic) bond motifs is 1. The number of nitrogen functional groups attached to an aromatic ring is 1. The van der Waals surface area contributed by atoms with Crippen molar-refractivity contribution in [1.82, 2.24) is 4.90 Å². The highest BCUT2D eigenvalue weighted by Gasteiger charge is 2.43. The monoisotopic (exact) mass is 291 g/mol. The Morgan fingerprint density at radius 3 is 2.43 bits per heavy atom. The molecule has 0 bridgehead atoms. The lowest BCUT2D eigenvalue weighted by Gasteiger charge is -2.22. The number of nitrogens with two attached hydrogens (primary N) is 2. The Hall–Kier alpha value is -2.90. The molecule has 1 heterocycles. The molecule has 21 heavy (non-hydrogen) atoms. The third-order valence-corrected chi connectivity index (χ3v) is 3.25. The number of nitrogens with zero attached hydrogens (tertiary/aromatic N) is 1. The van der Waals surface area contributed by atoms with Crippen LogP contribution in [0.15, 0.2) is 18.2 Å². The van der Waals surface area contributed by atoms with Crippen LogP contribution < -0.4 is 11.5 Å². The van der Waals surface area contributed by atoms with Gasteiger partial charge in [-0.3, -0.25) is 24.1 Å². The van der Waals surface area contributed by atoms with E-state index in [9.17, 15) is 19.2 Å². The van der Waals surface area contributed by atoms with Gasteiger partial charge in [0.05, 0.1) is 11.1 Å². The van der Waals surface area contributed by atoms with Gasteiger partial charge in [0, 0.05) is 12.1 Å². The second kappa shape index (κ2) is 5.23. The van der Waals surface area contributed by atoms with Crippen molar-refractivity contribution in [2.24, 2.45) is 5.73 Å². The van der Waals surface area contributed by atoms with Crippen LogP contribution in [0.2, 0.25) is 0 Å². The minimum absolute atomic E-state index is 0.0177. The third-order valence-electron chi connectivity index (χ3n) is 3.25. The number of hydrogen-bond donors (Lipinski definition) is 3. The Morgan fingerprint density at radius 2 is 1.90 bits per heavy atom. The molecule has 110 valence electrons. The van der Waals surface area contributed by atoms with Gasteiger partial charge < -0.3 is 16.6 Å². The molecule has 8 nitrogen and oxygen atoms in total. The summed E-state index contributed by atoms with van der Waals surface area (Å²) in [6.07, 6.45) is -0.632. The van der Waals surface area contributed by atoms with E-state index in [-0.39, 0.29) is 23.2 Å². The highest BCUT2D eigenvalue weighted by molar-refractivity contribution is 6.24. The van der Waals surface area contributed by atoms with Crippen LogP contribution in [0.3, 0.4) is 0 Å². The van der Waals surface area contributed by atoms with Gasteiger partial charge in [0.2, 0.25) is 5.91 Å². The standard InChI is InChI=1S/C13H13N3O5/c14-7-3-1-2-6-10(7)13(21)16(12(6)20)8(11(15)19)4-5-9(17)18/h1-3,8H,4-5,14H2,(H2,15,19)(H,17,18). The van der Waals surface area contributed by atoms with E-state index in [1.54, 1.807) is 0 Å². The van der Waals surface area contributed by atoms with Crippen LogP contribution in [0, 0.1) is 0 Å². The predicted octanol–water partition coefficient (Wildman–Crippen LogP) is -0.416. The molecule has 1 unspecified atom stereocenters. The molecule has 1 aliphatic heterocycles. The van der Waals surface area contributed by atoms with Gasteiger partial charge in [-0.25, -0.2) is 0 Å². The molecule has 8 heteroatoms. The van der Waals surface area contributed by atoms with Crippen molar-refractivity contribution in [2.75, 3.05) is 5.73 Å². The normalized spacial score (nSPS) is 15.0. The van der Waals surface area contributed by atoms with Crippen LogP contribution in [0.4, 0.5) is 5.69 Å². The van der Waals surface area contributed by atoms with Crippen LogP contribution in [0.1, 0.15) is 33.6 Å². The summed E-state index contributed by atoms with van der Waals surface area (Å²) in [5.41, 5.74) is 11.1. The number of primary amides is 1. The smallest absolute Gasteiger partial charge is 0.303 e. The van der Waals surface area contributed by atoms with E-state index < -0.39 is 36.2 Å². The number of imide groups is 1. The second-order valence-corrected chi connectivity index (χ2v) is 4.60. The fourth-order valence-electron chi connectivity index (χ4n) is 2.27. The average Bonchev–Trinajstić information content (AvgIpc) is 2.64. The summed E-state index contributed by atoms with van der Waals surface area (Å²) in [5, 5.41) is 8.68. The third kappa shape index (κ3) is 2.42. The van der Waals surface area contributed by atoms with Crippen molar-refractivity contribution in [3.8, 4) is 0 Å². The Kier molecular flexibility index (Phi) is 3.62. The van der Waals surface area contributed by atoms with E-state index in [4.69, 9.17) is 16.6 Å². The number of aliphatic carboxylic acids is 1. The first kappa shape index (κ1) is 14.5. The Balaban J connectivity index is 2.38. The van der Waals surface area contributed by atoms with Crippen molar-refractivity contribution >= 4 is 29.4 Å². The summed E-state index contributed by atoms with van der Waals surface area (Å²) in [6.45, 7) is 0. The molecular weight excluding hydrogens is 278 g/mol. The van der Waals surface area contributed by atoms with Crippen LogP contribution in [0.5, 0.6) is 0 Å². The van der Waals surface area contributed by atoms with Crippen molar-refractivity contribution in [3.63, 3.8) is 0 Å². The summed E-state index contributed by atoms with van der Waals surface area (Å²) < 4.78 is 0. The largest absolute Gasteiger partial charge is 0.481 e. The van der Waals surface area contributed by atoms with Gasteiger partial charge >= 0.3 is 5.97 Å². The van der Waals surface area contributed by atoms with Crippen LogP contribution >= 0.6 is 0 Å². The first-order valence-electron chi connectivity index (χ1n) is 6.12. The van der Waals surface area contributed by atoms with Gasteiger partial charge in [0.25, 0.3) is 11.8 Å². The Bertz CT molecular complexity index is 655. The number of carboxylic acid groups (broad SMARTS) is 1. The van der Waals surface area contributed by atoms with E-state index in [0.29, 0.717) is 4.90 Å². The topological polar surface area (TPSA) is 144 Å². The molecule has 0 spiro atoms. The second-order valence-electron chi connectivity index (χ2n) is 4.60. The van der Waals surface area contributed by atoms with Crippen LogP contribution in [0.25, 0.3) is 0 Å². The van der Waals surface area contributed by atoms with Crippen molar-refractivity contribution in [1.29, 1.82) is 0 Å². The first-order valence-corrected chi connectivity index (χ1v) is 6.12. The number of carbonyl (C=O) groups is 4. The summed E-state index contributed by atoms with van der Waals surface area (Å²) in [6, 6.07) is 3.08. The lowest BCUT2D eigenvalue weighted by molar-refractivity contribution is -0.137. The first-order chi connectivity index (χ1) is 9.84. The molecule has 1 aromatic rings. The Labute approximate surface area is 119 Å². The number of carbonyl (C=O) groups excluding carboxylic acids is 3. The van der Waals surface area contributed by atoms with Gasteiger partial charge in [-0.2, -0.15) is 0 Å². The molecule has 0 radical (unpaired) electrons. The van der Waals surface area contributed by atoms with Gasteiger partial charge in [-0.05, 0) is 18.6 Å². The highest BCUT2D eigenvalue weighted by atomic mass is 16.4. The van der Waals surface area contributed by atoms with E-state index in [1.807, 2.05) is 0 Å². The van der Waals surface area contributed by atoms with Crippen molar-refractivity contribution < 1.29 is 24.3 Å². The van der Waals surface area contributed by atoms with Crippen molar-refractivity contribution in [3.05, 3.63) is 29.3 Å². The average molecular weight is 291 g/mol. The lowest BCUT2D eigenvalue weighted by atomic mass is 10.1. The molecule has 1 aromatic carbocycles. The summed E-state index contributed by atoms with van der Waals surface area (Å²) >= 11 is 0. The van der Waals surface area contributed by atoms with Gasteiger partial charge in [0.1, 0.15) is 6.04 Å². The zero-order valence-electron chi connectivity index (χ0n) is 10.9. The molecule has 1 aliphatic rings. The highest BCUT2D eigenvalue weighted by Crippen LogP contribution is 2.29. The molecule has 2 rings (SSSR count). The number of rotatable bonds is 5. The SMILES string of the molecule is NC(=O)C(CCC(=O)O)N1C(=O)c2cccc(N)c2C1=O. The predicted molar refractivity (Wildman–Crippen MR) is 71.2 cm³/mol. The summed E-state index contributed by atoms with van der Waals surface area (Å²) in [5.74, 6) is -3.53. The zero-order valence-corrected chi connectivity index (χ0v) is 10.9. The molecule has 0 aromatic heterocycles. The summed E-state index contributed by atoms with van der Waals surface area (Å²) in [7, 11) is 0. The minimum atomic E-state index is -1.31. The van der Waals surface area contributed by atoms with Crippen LogP contribution in [-0.4, -0.2) is 39.7 Å². The number of hydrogen-bond acceptors (Lipinski definition) is 5. The molecule has 0 aliphatic carbocycles. The minimum Gasteiger partial charge on any atom is -0.481 e. The quantitative estimate of drug-likeness (QED) is 0.496. The lowest BCUT2D eigenvalue weighted by Crippen LogP contribution is -2.48. The molecule has 0 saturated heterocycles. The van der Waals surface area contributed by atoms with Gasteiger partial charge in [-0.15, -0.1) is 0 Å². The number of amides is 3. The van der Waals surface area contributed by atoms with E-state index in [2.05, 4.69) is 0 Å². The fourth-order valence-corrected chi connectivity index (χ4v) is 2.27. The molecule has 0 saturated carbocycles. The summed E-state index contributed by atoms with van der Waals surface area (Å²) in [4.78, 5) is 47.3. The molecular formula is C13H13N3O5. The van der Waals surface area contributed by atoms with E-state index in [0.717, 1.165) is 0 Å². The number of anilines is 1. The van der Waals surface area contributed by atoms with E-state index >= 15 is 0 Å². The fraction of sp³-hybridized carbons (Fsp3) is 0.231. The maximum absolute atomic E-state index is 12.3. The van der Waals surface area contributed by atoms with Crippen molar-refractivity contribution in [2.45, 2.75) is 18.9 Å². The molecule has 5 N–H and O–H groups in total. The molecule has 0 fully saturated rings. The van der Waals surface area contributed by atoms with Gasteiger partial charge in [-0.1, -0.05) is 6.07 Å². The van der Waals surface area contributed by atoms with E-state index in [1.165, 1.54) is 18.2 Å². The maximum Gasteiger partial charge on any atom is 0.303 e. The Morgan fingerprint density at radius 1 is 1.24 bits per heavy atom. The van der Waals surface area contributed by atoms with Crippen LogP contribution in [-0.2, 0) is 9.59 Å². The molecule has 3 amide bonds. The zero-order chi connectivity index (χ0) is 15.7. The van der Waals surface area contributed by atoms with Gasteiger partial charge in [0.15, 0.2) is 0 Å². The maximum atomic E-state index is 12.3.